The van der Waals surface area contributed by atoms with Crippen LogP contribution in [0.3, 0.4) is 0 Å². The molecule has 0 radical (unpaired) electrons. The number of rotatable bonds is 1. The molecule has 2 aromatic carbocycles. The second-order valence-corrected chi connectivity index (χ2v) is 5.93. The maximum absolute atomic E-state index is 10.2. The lowest BCUT2D eigenvalue weighted by Gasteiger charge is -2.30. The zero-order valence-corrected chi connectivity index (χ0v) is 12.9. The second-order valence-electron chi connectivity index (χ2n) is 5.93. The van der Waals surface area contributed by atoms with E-state index >= 15 is 0 Å². The van der Waals surface area contributed by atoms with E-state index in [-0.39, 0.29) is 17.7 Å². The Bertz CT molecular complexity index is 915. The van der Waals surface area contributed by atoms with E-state index < -0.39 is 0 Å². The summed E-state index contributed by atoms with van der Waals surface area (Å²) in [5.74, 6) is -0.260. The summed E-state index contributed by atoms with van der Waals surface area (Å²) in [6.45, 7) is 4.00. The first-order valence-electron chi connectivity index (χ1n) is 7.49. The molecule has 3 N–H and O–H groups in total. The van der Waals surface area contributed by atoms with Crippen molar-refractivity contribution >= 4 is 5.69 Å². The topological polar surface area (TPSA) is 70.3 Å². The van der Waals surface area contributed by atoms with Gasteiger partial charge in [0.25, 0.3) is 0 Å². The van der Waals surface area contributed by atoms with Crippen molar-refractivity contribution in [2.24, 2.45) is 0 Å². The average Bonchev–Trinajstić information content (AvgIpc) is 2.91. The van der Waals surface area contributed by atoms with Crippen LogP contribution in [-0.4, -0.2) is 20.0 Å². The third-order valence-corrected chi connectivity index (χ3v) is 4.19. The Kier molecular flexibility index (Phi) is 2.84. The van der Waals surface area contributed by atoms with Gasteiger partial charge in [-0.3, -0.25) is 0 Å². The monoisotopic (exact) mass is 307 g/mol. The van der Waals surface area contributed by atoms with Crippen LogP contribution in [0.2, 0.25) is 0 Å². The number of hydrogen-bond donors (Lipinski definition) is 3. The Balaban J connectivity index is 1.94. The normalized spacial score (nSPS) is 15.7. The quantitative estimate of drug-likeness (QED) is 0.601. The van der Waals surface area contributed by atoms with Crippen molar-refractivity contribution in [3.63, 3.8) is 0 Å². The minimum Gasteiger partial charge on any atom is -0.504 e. The number of para-hydroxylation sites is 1. The van der Waals surface area contributed by atoms with Crippen LogP contribution in [0, 0.1) is 13.8 Å². The molecule has 116 valence electrons. The first kappa shape index (κ1) is 13.7. The number of nitrogens with one attached hydrogen (secondary N) is 1. The van der Waals surface area contributed by atoms with Crippen molar-refractivity contribution in [1.29, 1.82) is 0 Å². The highest BCUT2D eigenvalue weighted by atomic mass is 16.3. The highest BCUT2D eigenvalue weighted by Crippen LogP contribution is 2.42. The Labute approximate surface area is 133 Å². The van der Waals surface area contributed by atoms with E-state index in [1.807, 2.05) is 29.8 Å². The Morgan fingerprint density at radius 1 is 1.09 bits per heavy atom. The molecule has 0 amide bonds. The molecule has 23 heavy (non-hydrogen) atoms. The van der Waals surface area contributed by atoms with Crippen molar-refractivity contribution in [3.8, 4) is 22.8 Å². The molecule has 5 nitrogen and oxygen atoms in total. The van der Waals surface area contributed by atoms with Gasteiger partial charge in [0.05, 0.1) is 11.4 Å². The number of phenolic OH excluding ortho intramolecular Hbond substituents is 2. The fourth-order valence-corrected chi connectivity index (χ4v) is 3.10. The first-order valence-corrected chi connectivity index (χ1v) is 7.49. The molecule has 3 aromatic rings. The highest BCUT2D eigenvalue weighted by Gasteiger charge is 2.28. The first-order chi connectivity index (χ1) is 11.0. The van der Waals surface area contributed by atoms with E-state index in [0.29, 0.717) is 5.56 Å². The fourth-order valence-electron chi connectivity index (χ4n) is 3.10. The molecule has 0 aliphatic carbocycles. The molecule has 2 heterocycles. The van der Waals surface area contributed by atoms with Gasteiger partial charge in [-0.05, 0) is 38.1 Å². The number of aromatic nitrogens is 2. The SMILES string of the molecule is Cc1ccc2c(c1)-c1cc(C)nn1C(c1cccc(O)c1O)N2. The zero-order valence-electron chi connectivity index (χ0n) is 12.9. The Hall–Kier alpha value is -2.95. The highest BCUT2D eigenvalue weighted by molar-refractivity contribution is 5.79. The van der Waals surface area contributed by atoms with Gasteiger partial charge in [0, 0.05) is 16.8 Å². The van der Waals surface area contributed by atoms with Gasteiger partial charge in [-0.2, -0.15) is 5.10 Å². The Morgan fingerprint density at radius 3 is 2.74 bits per heavy atom. The standard InChI is InChI=1S/C18H17N3O2/c1-10-6-7-14-13(8-10)15-9-11(2)20-21(15)18(19-14)12-4-3-5-16(22)17(12)23/h3-9,18-19,22-23H,1-2H3. The summed E-state index contributed by atoms with van der Waals surface area (Å²) in [5, 5.41) is 28.0. The molecule has 1 aliphatic heterocycles. The summed E-state index contributed by atoms with van der Waals surface area (Å²) in [4.78, 5) is 0. The molecule has 0 saturated heterocycles. The third-order valence-electron chi connectivity index (χ3n) is 4.19. The van der Waals surface area contributed by atoms with Gasteiger partial charge in [-0.25, -0.2) is 4.68 Å². The van der Waals surface area contributed by atoms with E-state index in [1.54, 1.807) is 12.1 Å². The molecule has 1 unspecified atom stereocenters. The van der Waals surface area contributed by atoms with Gasteiger partial charge in [-0.1, -0.05) is 23.8 Å². The molecule has 0 spiro atoms. The van der Waals surface area contributed by atoms with Gasteiger partial charge < -0.3 is 15.5 Å². The third kappa shape index (κ3) is 2.04. The van der Waals surface area contributed by atoms with Crippen LogP contribution in [0.25, 0.3) is 11.3 Å². The maximum Gasteiger partial charge on any atom is 0.164 e. The number of benzene rings is 2. The summed E-state index contributed by atoms with van der Waals surface area (Å²) < 4.78 is 1.85. The summed E-state index contributed by atoms with van der Waals surface area (Å²) >= 11 is 0. The number of nitrogens with zero attached hydrogens (tertiary/aromatic N) is 2. The van der Waals surface area contributed by atoms with Gasteiger partial charge >= 0.3 is 0 Å². The van der Waals surface area contributed by atoms with Crippen LogP contribution in [0.1, 0.15) is 23.0 Å². The van der Waals surface area contributed by atoms with E-state index in [4.69, 9.17) is 0 Å². The Morgan fingerprint density at radius 2 is 1.91 bits per heavy atom. The number of aromatic hydroxyl groups is 2. The van der Waals surface area contributed by atoms with Gasteiger partial charge in [0.2, 0.25) is 0 Å². The zero-order chi connectivity index (χ0) is 16.1. The van der Waals surface area contributed by atoms with Crippen LogP contribution >= 0.6 is 0 Å². The smallest absolute Gasteiger partial charge is 0.164 e. The molecule has 0 saturated carbocycles. The summed E-state index contributed by atoms with van der Waals surface area (Å²) in [6, 6.07) is 13.2. The number of anilines is 1. The molecule has 0 bridgehead atoms. The van der Waals surface area contributed by atoms with Crippen molar-refractivity contribution in [3.05, 3.63) is 59.3 Å². The lowest BCUT2D eigenvalue weighted by atomic mass is 10.0. The summed E-state index contributed by atoms with van der Waals surface area (Å²) in [5.41, 5.74) is 5.72. The van der Waals surface area contributed by atoms with Gasteiger partial charge in [0.1, 0.15) is 0 Å². The van der Waals surface area contributed by atoms with E-state index in [9.17, 15) is 10.2 Å². The number of phenols is 2. The van der Waals surface area contributed by atoms with Crippen LogP contribution in [-0.2, 0) is 0 Å². The van der Waals surface area contributed by atoms with E-state index in [2.05, 4.69) is 23.4 Å². The minimum absolute atomic E-state index is 0.125. The lowest BCUT2D eigenvalue weighted by Crippen LogP contribution is -2.25. The largest absolute Gasteiger partial charge is 0.504 e. The average molecular weight is 307 g/mol. The van der Waals surface area contributed by atoms with Gasteiger partial charge in [0.15, 0.2) is 17.7 Å². The number of aryl methyl sites for hydroxylation is 2. The molecule has 1 aliphatic rings. The number of hydrogen-bond acceptors (Lipinski definition) is 4. The maximum atomic E-state index is 10.2. The molecule has 4 rings (SSSR count). The molecule has 0 fully saturated rings. The van der Waals surface area contributed by atoms with Crippen molar-refractivity contribution in [1.82, 2.24) is 9.78 Å². The van der Waals surface area contributed by atoms with Crippen LogP contribution in [0.4, 0.5) is 5.69 Å². The van der Waals surface area contributed by atoms with Crippen molar-refractivity contribution < 1.29 is 10.2 Å². The predicted octanol–water partition coefficient (Wildman–Crippen LogP) is 3.55. The van der Waals surface area contributed by atoms with Crippen LogP contribution in [0.5, 0.6) is 11.5 Å². The lowest BCUT2D eigenvalue weighted by molar-refractivity contribution is 0.392. The molecule has 1 aromatic heterocycles. The van der Waals surface area contributed by atoms with Crippen molar-refractivity contribution in [2.75, 3.05) is 5.32 Å². The predicted molar refractivity (Wildman–Crippen MR) is 88.7 cm³/mol. The number of fused-ring (bicyclic) bond motifs is 3. The summed E-state index contributed by atoms with van der Waals surface area (Å²) in [7, 11) is 0. The van der Waals surface area contributed by atoms with Crippen LogP contribution in [0.15, 0.2) is 42.5 Å². The minimum atomic E-state index is -0.374. The molecular weight excluding hydrogens is 290 g/mol. The molecule has 5 heteroatoms. The van der Waals surface area contributed by atoms with E-state index in [1.165, 1.54) is 11.6 Å². The van der Waals surface area contributed by atoms with Crippen molar-refractivity contribution in [2.45, 2.75) is 20.0 Å². The molecular formula is C18H17N3O2. The molecule has 1 atom stereocenters. The van der Waals surface area contributed by atoms with Crippen LogP contribution < -0.4 is 5.32 Å². The fraction of sp³-hybridized carbons (Fsp3) is 0.167. The van der Waals surface area contributed by atoms with E-state index in [0.717, 1.165) is 22.6 Å². The second kappa shape index (κ2) is 4.78. The van der Waals surface area contributed by atoms with Gasteiger partial charge in [-0.15, -0.1) is 0 Å². The summed E-state index contributed by atoms with van der Waals surface area (Å²) in [6.07, 6.45) is -0.374.